The van der Waals surface area contributed by atoms with Gasteiger partial charge in [0, 0.05) is 24.9 Å². The van der Waals surface area contributed by atoms with Crippen molar-refractivity contribution in [3.8, 4) is 17.0 Å². The van der Waals surface area contributed by atoms with Gasteiger partial charge >= 0.3 is 0 Å². The average molecular weight is 245 g/mol. The molecule has 1 aromatic heterocycles. The van der Waals surface area contributed by atoms with Crippen molar-refractivity contribution >= 4 is 0 Å². The minimum absolute atomic E-state index is 0.706. The number of ether oxygens (including phenoxy) is 2. The molecule has 0 saturated heterocycles. The van der Waals surface area contributed by atoms with Crippen molar-refractivity contribution in [1.82, 2.24) is 4.57 Å². The van der Waals surface area contributed by atoms with Crippen molar-refractivity contribution < 1.29 is 9.47 Å². The molecule has 96 valence electrons. The van der Waals surface area contributed by atoms with E-state index in [-0.39, 0.29) is 0 Å². The summed E-state index contributed by atoms with van der Waals surface area (Å²) < 4.78 is 12.8. The maximum absolute atomic E-state index is 5.42. The number of hydrogen-bond donors (Lipinski definition) is 0. The maximum atomic E-state index is 5.42. The Morgan fingerprint density at radius 1 is 1.06 bits per heavy atom. The molecule has 0 radical (unpaired) electrons. The van der Waals surface area contributed by atoms with Gasteiger partial charge in [-0.3, -0.25) is 0 Å². The monoisotopic (exact) mass is 245 g/mol. The van der Waals surface area contributed by atoms with Gasteiger partial charge < -0.3 is 14.0 Å². The third kappa shape index (κ3) is 2.41. The Morgan fingerprint density at radius 2 is 1.83 bits per heavy atom. The van der Waals surface area contributed by atoms with E-state index in [1.807, 2.05) is 18.2 Å². The molecule has 0 amide bonds. The van der Waals surface area contributed by atoms with Gasteiger partial charge in [0.1, 0.15) is 5.75 Å². The first-order valence-electron chi connectivity index (χ1n) is 6.06. The highest BCUT2D eigenvalue weighted by atomic mass is 16.5. The molecule has 0 aliphatic rings. The van der Waals surface area contributed by atoms with E-state index in [0.717, 1.165) is 17.9 Å². The summed E-state index contributed by atoms with van der Waals surface area (Å²) in [6.07, 6.45) is 0. The number of benzene rings is 1. The fraction of sp³-hybridized carbons (Fsp3) is 0.333. The molecule has 2 aromatic rings. The first-order valence-corrected chi connectivity index (χ1v) is 6.06. The van der Waals surface area contributed by atoms with E-state index in [1.165, 1.54) is 11.4 Å². The van der Waals surface area contributed by atoms with Crippen LogP contribution < -0.4 is 4.74 Å². The smallest absolute Gasteiger partial charge is 0.128 e. The van der Waals surface area contributed by atoms with Crippen molar-refractivity contribution in [2.75, 3.05) is 20.8 Å². The van der Waals surface area contributed by atoms with E-state index in [4.69, 9.17) is 9.47 Å². The fourth-order valence-electron chi connectivity index (χ4n) is 2.14. The lowest BCUT2D eigenvalue weighted by Gasteiger charge is -2.13. The lowest BCUT2D eigenvalue weighted by molar-refractivity contribution is 0.187. The molecule has 0 fully saturated rings. The molecular weight excluding hydrogens is 226 g/mol. The fourth-order valence-corrected chi connectivity index (χ4v) is 2.14. The topological polar surface area (TPSA) is 23.4 Å². The maximum Gasteiger partial charge on any atom is 0.128 e. The zero-order valence-electron chi connectivity index (χ0n) is 11.1. The summed E-state index contributed by atoms with van der Waals surface area (Å²) in [6.45, 7) is 3.66. The number of para-hydroxylation sites is 1. The molecule has 1 heterocycles. The molecule has 0 aliphatic carbocycles. The van der Waals surface area contributed by atoms with Crippen molar-refractivity contribution in [3.63, 3.8) is 0 Å². The van der Waals surface area contributed by atoms with Crippen LogP contribution in [0.2, 0.25) is 0 Å². The van der Waals surface area contributed by atoms with E-state index < -0.39 is 0 Å². The van der Waals surface area contributed by atoms with Crippen LogP contribution in [0.15, 0.2) is 36.4 Å². The molecule has 0 aliphatic heterocycles. The summed E-state index contributed by atoms with van der Waals surface area (Å²) in [5.41, 5.74) is 3.51. The van der Waals surface area contributed by atoms with Gasteiger partial charge in [0.25, 0.3) is 0 Å². The average Bonchev–Trinajstić information content (AvgIpc) is 2.77. The molecule has 3 heteroatoms. The number of aryl methyl sites for hydroxylation is 1. The minimum Gasteiger partial charge on any atom is -0.496 e. The van der Waals surface area contributed by atoms with Crippen LogP contribution in [0.25, 0.3) is 11.3 Å². The Kier molecular flexibility index (Phi) is 4.05. The standard InChI is InChI=1S/C15H19NO2/c1-12-8-9-14(16(12)10-11-17-2)13-6-4-5-7-15(13)18-3/h4-9H,10-11H2,1-3H3. The van der Waals surface area contributed by atoms with Gasteiger partial charge in [-0.15, -0.1) is 0 Å². The molecule has 2 rings (SSSR count). The van der Waals surface area contributed by atoms with Gasteiger partial charge in [-0.05, 0) is 31.2 Å². The Balaban J connectivity index is 2.43. The highest BCUT2D eigenvalue weighted by Gasteiger charge is 2.11. The van der Waals surface area contributed by atoms with Gasteiger partial charge in [-0.1, -0.05) is 12.1 Å². The second-order valence-corrected chi connectivity index (χ2v) is 4.20. The third-order valence-electron chi connectivity index (χ3n) is 3.10. The van der Waals surface area contributed by atoms with Crippen molar-refractivity contribution in [2.45, 2.75) is 13.5 Å². The second kappa shape index (κ2) is 5.74. The summed E-state index contributed by atoms with van der Waals surface area (Å²) in [4.78, 5) is 0. The molecule has 1 aromatic carbocycles. The lowest BCUT2D eigenvalue weighted by atomic mass is 10.1. The first kappa shape index (κ1) is 12.7. The molecule has 0 unspecified atom stereocenters. The number of aromatic nitrogens is 1. The van der Waals surface area contributed by atoms with Crippen LogP contribution in [0, 0.1) is 6.92 Å². The Bertz CT molecular complexity index is 517. The summed E-state index contributed by atoms with van der Waals surface area (Å²) in [5, 5.41) is 0. The van der Waals surface area contributed by atoms with Gasteiger partial charge in [-0.2, -0.15) is 0 Å². The van der Waals surface area contributed by atoms with Gasteiger partial charge in [0.15, 0.2) is 0 Å². The summed E-state index contributed by atoms with van der Waals surface area (Å²) in [5.74, 6) is 0.897. The molecule has 0 saturated carbocycles. The Morgan fingerprint density at radius 3 is 2.56 bits per heavy atom. The van der Waals surface area contributed by atoms with Crippen LogP contribution >= 0.6 is 0 Å². The second-order valence-electron chi connectivity index (χ2n) is 4.20. The van der Waals surface area contributed by atoms with Gasteiger partial charge in [-0.25, -0.2) is 0 Å². The van der Waals surface area contributed by atoms with E-state index in [2.05, 4.69) is 29.7 Å². The summed E-state index contributed by atoms with van der Waals surface area (Å²) >= 11 is 0. The number of rotatable bonds is 5. The van der Waals surface area contributed by atoms with Crippen LogP contribution in [-0.4, -0.2) is 25.4 Å². The van der Waals surface area contributed by atoms with Crippen molar-refractivity contribution in [2.24, 2.45) is 0 Å². The number of methoxy groups -OCH3 is 2. The summed E-state index contributed by atoms with van der Waals surface area (Å²) in [6, 6.07) is 12.3. The molecule has 0 spiro atoms. The Hall–Kier alpha value is -1.74. The molecule has 0 bridgehead atoms. The Labute approximate surface area is 108 Å². The van der Waals surface area contributed by atoms with Crippen molar-refractivity contribution in [3.05, 3.63) is 42.1 Å². The van der Waals surface area contributed by atoms with Crippen LogP contribution in [0.1, 0.15) is 5.69 Å². The van der Waals surface area contributed by atoms with Gasteiger partial charge in [0.2, 0.25) is 0 Å². The van der Waals surface area contributed by atoms with Crippen LogP contribution in [-0.2, 0) is 11.3 Å². The van der Waals surface area contributed by atoms with Crippen LogP contribution in [0.3, 0.4) is 0 Å². The quantitative estimate of drug-likeness (QED) is 0.808. The SMILES string of the molecule is COCCn1c(C)ccc1-c1ccccc1OC. The van der Waals surface area contributed by atoms with E-state index in [0.29, 0.717) is 6.61 Å². The normalized spacial score (nSPS) is 10.6. The van der Waals surface area contributed by atoms with Crippen LogP contribution in [0.4, 0.5) is 0 Å². The molecular formula is C15H19NO2. The summed E-state index contributed by atoms with van der Waals surface area (Å²) in [7, 11) is 3.43. The van der Waals surface area contributed by atoms with E-state index >= 15 is 0 Å². The van der Waals surface area contributed by atoms with Gasteiger partial charge in [0.05, 0.1) is 19.4 Å². The minimum atomic E-state index is 0.706. The predicted octanol–water partition coefficient (Wildman–Crippen LogP) is 3.12. The zero-order valence-corrected chi connectivity index (χ0v) is 11.1. The highest BCUT2D eigenvalue weighted by Crippen LogP contribution is 2.30. The lowest BCUT2D eigenvalue weighted by Crippen LogP contribution is -2.07. The number of hydrogen-bond acceptors (Lipinski definition) is 2. The molecule has 0 N–H and O–H groups in total. The third-order valence-corrected chi connectivity index (χ3v) is 3.10. The highest BCUT2D eigenvalue weighted by molar-refractivity contribution is 5.68. The largest absolute Gasteiger partial charge is 0.496 e. The first-order chi connectivity index (χ1) is 8.77. The van der Waals surface area contributed by atoms with Crippen LogP contribution in [0.5, 0.6) is 5.75 Å². The predicted molar refractivity (Wildman–Crippen MR) is 73.0 cm³/mol. The van der Waals surface area contributed by atoms with E-state index in [1.54, 1.807) is 14.2 Å². The van der Waals surface area contributed by atoms with E-state index in [9.17, 15) is 0 Å². The molecule has 0 atom stereocenters. The number of nitrogens with zero attached hydrogens (tertiary/aromatic N) is 1. The zero-order chi connectivity index (χ0) is 13.0. The molecule has 18 heavy (non-hydrogen) atoms. The molecule has 3 nitrogen and oxygen atoms in total. The van der Waals surface area contributed by atoms with Crippen molar-refractivity contribution in [1.29, 1.82) is 0 Å².